The van der Waals surface area contributed by atoms with E-state index in [1.807, 2.05) is 19.1 Å². The van der Waals surface area contributed by atoms with Gasteiger partial charge in [-0.15, -0.1) is 0 Å². The molecule has 1 aliphatic heterocycles. The maximum atomic E-state index is 13.3. The quantitative estimate of drug-likeness (QED) is 0.688. The highest BCUT2D eigenvalue weighted by Gasteiger charge is 2.38. The number of hydrogen-bond acceptors (Lipinski definition) is 5. The minimum Gasteiger partial charge on any atom is -0.494 e. The van der Waals surface area contributed by atoms with Crippen LogP contribution in [0.25, 0.3) is 0 Å². The average Bonchev–Trinajstić information content (AvgIpc) is 3.08. The van der Waals surface area contributed by atoms with E-state index in [-0.39, 0.29) is 30.0 Å². The minimum atomic E-state index is -3.12. The zero-order valence-electron chi connectivity index (χ0n) is 16.8. The van der Waals surface area contributed by atoms with E-state index in [9.17, 15) is 13.2 Å². The van der Waals surface area contributed by atoms with E-state index in [4.69, 9.17) is 9.15 Å². The summed E-state index contributed by atoms with van der Waals surface area (Å²) in [6.45, 7) is 4.85. The number of sulfone groups is 1. The van der Waals surface area contributed by atoms with Crippen LogP contribution in [0.2, 0.25) is 0 Å². The van der Waals surface area contributed by atoms with Crippen LogP contribution in [0.3, 0.4) is 0 Å². The van der Waals surface area contributed by atoms with E-state index in [1.54, 1.807) is 29.2 Å². The smallest absolute Gasteiger partial charge is 0.254 e. The van der Waals surface area contributed by atoms with Crippen LogP contribution in [0.4, 0.5) is 0 Å². The van der Waals surface area contributed by atoms with Gasteiger partial charge in [-0.2, -0.15) is 0 Å². The Bertz CT molecular complexity index is 996. The SMILES string of the molecule is CCOc1cccc(C(=O)N(Cc2ccc(C3CC3C)o2)C2CCS(=O)(=O)C2)c1. The van der Waals surface area contributed by atoms with E-state index >= 15 is 0 Å². The fraction of sp³-hybridized carbons (Fsp3) is 0.500. The number of carbonyl (C=O) groups is 1. The van der Waals surface area contributed by atoms with Crippen molar-refractivity contribution in [3.05, 3.63) is 53.5 Å². The predicted molar refractivity (Wildman–Crippen MR) is 110 cm³/mol. The summed E-state index contributed by atoms with van der Waals surface area (Å²) in [5.41, 5.74) is 0.489. The monoisotopic (exact) mass is 417 g/mol. The molecule has 2 heterocycles. The number of hydrogen-bond donors (Lipinski definition) is 0. The summed E-state index contributed by atoms with van der Waals surface area (Å²) in [7, 11) is -3.12. The highest BCUT2D eigenvalue weighted by molar-refractivity contribution is 7.91. The number of nitrogens with zero attached hydrogens (tertiary/aromatic N) is 1. The standard InChI is InChI=1S/C22H27NO5S/c1-3-27-18-6-4-5-16(12-18)22(24)23(17-9-10-29(25,26)14-17)13-19-7-8-21(28-19)20-11-15(20)2/h4-8,12,15,17,20H,3,9-11,13-14H2,1-2H3. The van der Waals surface area contributed by atoms with Gasteiger partial charge in [-0.3, -0.25) is 4.79 Å². The molecule has 1 amide bonds. The van der Waals surface area contributed by atoms with Crippen molar-refractivity contribution in [2.75, 3.05) is 18.1 Å². The third-order valence-corrected chi connectivity index (χ3v) is 7.54. The Hall–Kier alpha value is -2.28. The summed E-state index contributed by atoms with van der Waals surface area (Å²) in [4.78, 5) is 15.0. The van der Waals surface area contributed by atoms with Crippen molar-refractivity contribution < 1.29 is 22.4 Å². The maximum Gasteiger partial charge on any atom is 0.254 e. The molecular weight excluding hydrogens is 390 g/mol. The molecule has 29 heavy (non-hydrogen) atoms. The molecule has 1 saturated carbocycles. The fourth-order valence-electron chi connectivity index (χ4n) is 4.00. The summed E-state index contributed by atoms with van der Waals surface area (Å²) in [6, 6.07) is 10.6. The van der Waals surface area contributed by atoms with Crippen molar-refractivity contribution >= 4 is 15.7 Å². The van der Waals surface area contributed by atoms with Gasteiger partial charge >= 0.3 is 0 Å². The van der Waals surface area contributed by atoms with Crippen LogP contribution in [0.15, 0.2) is 40.8 Å². The van der Waals surface area contributed by atoms with Crippen molar-refractivity contribution in [2.45, 2.75) is 45.2 Å². The molecule has 1 aromatic heterocycles. The second-order valence-electron chi connectivity index (χ2n) is 8.07. The maximum absolute atomic E-state index is 13.3. The Labute approximate surface area is 171 Å². The highest BCUT2D eigenvalue weighted by Crippen LogP contribution is 2.47. The first-order valence-corrected chi connectivity index (χ1v) is 12.0. The van der Waals surface area contributed by atoms with Crippen molar-refractivity contribution in [2.24, 2.45) is 5.92 Å². The summed E-state index contributed by atoms with van der Waals surface area (Å²) < 4.78 is 35.6. The Balaban J connectivity index is 1.59. The first kappa shape index (κ1) is 20.0. The van der Waals surface area contributed by atoms with E-state index in [0.29, 0.717) is 41.9 Å². The van der Waals surface area contributed by atoms with Gasteiger partial charge in [0, 0.05) is 17.5 Å². The largest absolute Gasteiger partial charge is 0.494 e. The minimum absolute atomic E-state index is 0.00286. The molecule has 0 spiro atoms. The van der Waals surface area contributed by atoms with Gasteiger partial charge in [0.1, 0.15) is 17.3 Å². The number of amides is 1. The molecule has 1 aliphatic carbocycles. The van der Waals surface area contributed by atoms with Crippen LogP contribution >= 0.6 is 0 Å². The Morgan fingerprint density at radius 1 is 1.28 bits per heavy atom. The zero-order valence-corrected chi connectivity index (χ0v) is 17.7. The van der Waals surface area contributed by atoms with Gasteiger partial charge in [0.2, 0.25) is 0 Å². The van der Waals surface area contributed by atoms with E-state index in [2.05, 4.69) is 6.92 Å². The van der Waals surface area contributed by atoms with Gasteiger partial charge in [0.05, 0.1) is 24.7 Å². The summed E-state index contributed by atoms with van der Waals surface area (Å²) >= 11 is 0. The van der Waals surface area contributed by atoms with Gasteiger partial charge in [0.15, 0.2) is 9.84 Å². The van der Waals surface area contributed by atoms with Crippen molar-refractivity contribution in [1.82, 2.24) is 4.90 Å². The van der Waals surface area contributed by atoms with Crippen molar-refractivity contribution in [3.63, 3.8) is 0 Å². The molecule has 6 nitrogen and oxygen atoms in total. The summed E-state index contributed by atoms with van der Waals surface area (Å²) in [5, 5.41) is 0. The molecule has 0 N–H and O–H groups in total. The van der Waals surface area contributed by atoms with Crippen LogP contribution < -0.4 is 4.74 Å². The highest BCUT2D eigenvalue weighted by atomic mass is 32.2. The van der Waals surface area contributed by atoms with Crippen LogP contribution in [-0.4, -0.2) is 43.4 Å². The predicted octanol–water partition coefficient (Wildman–Crippen LogP) is 3.63. The van der Waals surface area contributed by atoms with Gasteiger partial charge in [-0.1, -0.05) is 13.0 Å². The van der Waals surface area contributed by atoms with Crippen LogP contribution in [0.5, 0.6) is 5.75 Å². The lowest BCUT2D eigenvalue weighted by molar-refractivity contribution is 0.0664. The number of furan rings is 1. The van der Waals surface area contributed by atoms with Crippen LogP contribution in [-0.2, 0) is 16.4 Å². The normalized spacial score (nSPS) is 25.0. The van der Waals surface area contributed by atoms with E-state index < -0.39 is 9.84 Å². The molecule has 0 radical (unpaired) electrons. The van der Waals surface area contributed by atoms with E-state index in [0.717, 1.165) is 12.2 Å². The second kappa shape index (κ2) is 7.86. The Morgan fingerprint density at radius 3 is 2.72 bits per heavy atom. The fourth-order valence-corrected chi connectivity index (χ4v) is 5.74. The zero-order chi connectivity index (χ0) is 20.6. The van der Waals surface area contributed by atoms with Gasteiger partial charge in [-0.05, 0) is 56.0 Å². The molecule has 0 bridgehead atoms. The molecule has 2 fully saturated rings. The molecule has 2 aromatic rings. The molecule has 4 rings (SSSR count). The number of carbonyl (C=O) groups excluding carboxylic acids is 1. The van der Waals surface area contributed by atoms with Gasteiger partial charge < -0.3 is 14.1 Å². The van der Waals surface area contributed by atoms with Crippen LogP contribution in [0.1, 0.15) is 54.5 Å². The lowest BCUT2D eigenvalue weighted by Gasteiger charge is -2.27. The number of rotatable bonds is 7. The molecular formula is C22H27NO5S. The third kappa shape index (κ3) is 4.50. The summed E-state index contributed by atoms with van der Waals surface area (Å²) in [6.07, 6.45) is 1.58. The lowest BCUT2D eigenvalue weighted by atomic mass is 10.1. The Kier molecular flexibility index (Phi) is 5.42. The molecule has 3 atom stereocenters. The van der Waals surface area contributed by atoms with Crippen molar-refractivity contribution in [3.8, 4) is 5.75 Å². The second-order valence-corrected chi connectivity index (χ2v) is 10.3. The molecule has 7 heteroatoms. The summed E-state index contributed by atoms with van der Waals surface area (Å²) in [5.74, 6) is 3.28. The Morgan fingerprint density at radius 2 is 2.07 bits per heavy atom. The average molecular weight is 418 g/mol. The third-order valence-electron chi connectivity index (χ3n) is 5.79. The topological polar surface area (TPSA) is 76.8 Å². The van der Waals surface area contributed by atoms with Gasteiger partial charge in [0.25, 0.3) is 5.91 Å². The van der Waals surface area contributed by atoms with Gasteiger partial charge in [-0.25, -0.2) is 8.42 Å². The van der Waals surface area contributed by atoms with Crippen LogP contribution in [0, 0.1) is 5.92 Å². The number of benzene rings is 1. The first-order valence-electron chi connectivity index (χ1n) is 10.2. The molecule has 3 unspecified atom stereocenters. The number of ether oxygens (including phenoxy) is 1. The van der Waals surface area contributed by atoms with E-state index in [1.165, 1.54) is 0 Å². The molecule has 2 aliphatic rings. The van der Waals surface area contributed by atoms with Crippen molar-refractivity contribution in [1.29, 1.82) is 0 Å². The molecule has 156 valence electrons. The molecule has 1 saturated heterocycles. The first-order chi connectivity index (χ1) is 13.9. The molecule has 1 aromatic carbocycles. The lowest BCUT2D eigenvalue weighted by Crippen LogP contribution is -2.40.